The van der Waals surface area contributed by atoms with Crippen molar-refractivity contribution in [2.24, 2.45) is 5.92 Å². The summed E-state index contributed by atoms with van der Waals surface area (Å²) in [5, 5.41) is 10.3. The summed E-state index contributed by atoms with van der Waals surface area (Å²) >= 11 is 15.6. The molecule has 0 radical (unpaired) electrons. The van der Waals surface area contributed by atoms with Gasteiger partial charge in [0.2, 0.25) is 0 Å². The van der Waals surface area contributed by atoms with E-state index in [1.54, 1.807) is 12.1 Å². The molecule has 1 N–H and O–H groups in total. The number of carboxylic acid groups (broad SMARTS) is 1. The molecule has 1 unspecified atom stereocenters. The standard InChI is InChI=1S/C16H13BrCl2O2/c17-13-6-2-1-4-10(13)8-12(16(20)21)9-11-5-3-7-14(18)15(11)19/h1-7,12H,8-9H2,(H,20,21). The minimum absolute atomic E-state index is 0.343. The van der Waals surface area contributed by atoms with Crippen molar-refractivity contribution >= 4 is 45.1 Å². The molecule has 0 saturated heterocycles. The lowest BCUT2D eigenvalue weighted by Gasteiger charge is -2.15. The van der Waals surface area contributed by atoms with E-state index in [-0.39, 0.29) is 0 Å². The Bertz CT molecular complexity index is 658. The van der Waals surface area contributed by atoms with E-state index >= 15 is 0 Å². The van der Waals surface area contributed by atoms with Crippen LogP contribution in [0, 0.1) is 5.92 Å². The number of aliphatic carboxylic acids is 1. The molecule has 0 amide bonds. The lowest BCUT2D eigenvalue weighted by molar-refractivity contribution is -0.141. The molecule has 0 fully saturated rings. The predicted octanol–water partition coefficient (Wildman–Crippen LogP) is 5.24. The molecule has 2 aromatic carbocycles. The van der Waals surface area contributed by atoms with Crippen molar-refractivity contribution in [2.45, 2.75) is 12.8 Å². The van der Waals surface area contributed by atoms with E-state index in [2.05, 4.69) is 15.9 Å². The summed E-state index contributed by atoms with van der Waals surface area (Å²) in [6.45, 7) is 0. The summed E-state index contributed by atoms with van der Waals surface area (Å²) in [6, 6.07) is 12.9. The quantitative estimate of drug-likeness (QED) is 0.761. The molecule has 0 aromatic heterocycles. The first-order valence-electron chi connectivity index (χ1n) is 6.38. The van der Waals surface area contributed by atoms with Gasteiger partial charge in [0.1, 0.15) is 0 Å². The fraction of sp³-hybridized carbons (Fsp3) is 0.188. The fourth-order valence-electron chi connectivity index (χ4n) is 2.15. The number of hydrogen-bond acceptors (Lipinski definition) is 1. The molecule has 2 aromatic rings. The molecule has 0 spiro atoms. The van der Waals surface area contributed by atoms with Crippen molar-refractivity contribution in [1.29, 1.82) is 0 Å². The molecule has 2 rings (SSSR count). The Labute approximate surface area is 141 Å². The molecule has 0 aliphatic heterocycles. The zero-order valence-corrected chi connectivity index (χ0v) is 14.1. The maximum absolute atomic E-state index is 11.5. The van der Waals surface area contributed by atoms with E-state index in [0.29, 0.717) is 22.9 Å². The highest BCUT2D eigenvalue weighted by Gasteiger charge is 2.21. The maximum atomic E-state index is 11.5. The van der Waals surface area contributed by atoms with Crippen LogP contribution in [0.25, 0.3) is 0 Å². The largest absolute Gasteiger partial charge is 0.481 e. The smallest absolute Gasteiger partial charge is 0.307 e. The number of rotatable bonds is 5. The van der Waals surface area contributed by atoms with Gasteiger partial charge in [-0.3, -0.25) is 4.79 Å². The Morgan fingerprint density at radius 2 is 1.67 bits per heavy atom. The van der Waals surface area contributed by atoms with Crippen LogP contribution in [0.15, 0.2) is 46.9 Å². The average Bonchev–Trinajstić information content (AvgIpc) is 2.45. The van der Waals surface area contributed by atoms with Crippen LogP contribution in [0.3, 0.4) is 0 Å². The van der Waals surface area contributed by atoms with Gasteiger partial charge in [0.05, 0.1) is 16.0 Å². The molecule has 5 heteroatoms. The van der Waals surface area contributed by atoms with E-state index in [1.807, 2.05) is 30.3 Å². The first kappa shape index (κ1) is 16.3. The topological polar surface area (TPSA) is 37.3 Å². The molecular weight excluding hydrogens is 375 g/mol. The van der Waals surface area contributed by atoms with E-state index in [1.165, 1.54) is 0 Å². The van der Waals surface area contributed by atoms with Gasteiger partial charge in [-0.2, -0.15) is 0 Å². The summed E-state index contributed by atoms with van der Waals surface area (Å²) in [6.07, 6.45) is 0.773. The van der Waals surface area contributed by atoms with Crippen molar-refractivity contribution in [3.63, 3.8) is 0 Å². The van der Waals surface area contributed by atoms with Gasteiger partial charge in [0.15, 0.2) is 0 Å². The van der Waals surface area contributed by atoms with Crippen LogP contribution in [0.4, 0.5) is 0 Å². The average molecular weight is 388 g/mol. The monoisotopic (exact) mass is 386 g/mol. The molecule has 110 valence electrons. The van der Waals surface area contributed by atoms with E-state index in [9.17, 15) is 9.90 Å². The van der Waals surface area contributed by atoms with Crippen molar-refractivity contribution in [2.75, 3.05) is 0 Å². The molecular formula is C16H13BrCl2O2. The van der Waals surface area contributed by atoms with Crippen molar-refractivity contribution in [3.05, 3.63) is 68.1 Å². The van der Waals surface area contributed by atoms with Gasteiger partial charge in [0.25, 0.3) is 0 Å². The van der Waals surface area contributed by atoms with Gasteiger partial charge in [-0.1, -0.05) is 69.5 Å². The zero-order valence-electron chi connectivity index (χ0n) is 11.0. The summed E-state index contributed by atoms with van der Waals surface area (Å²) < 4.78 is 0.911. The number of carbonyl (C=O) groups is 1. The number of halogens is 3. The Hall–Kier alpha value is -1.03. The Balaban J connectivity index is 2.22. The summed E-state index contributed by atoms with van der Waals surface area (Å²) in [4.78, 5) is 11.5. The van der Waals surface area contributed by atoms with Gasteiger partial charge in [-0.25, -0.2) is 0 Å². The molecule has 1 atom stereocenters. The van der Waals surface area contributed by atoms with Gasteiger partial charge >= 0.3 is 5.97 Å². The molecule has 0 saturated carbocycles. The highest BCUT2D eigenvalue weighted by molar-refractivity contribution is 9.10. The molecule has 0 aliphatic carbocycles. The number of carboxylic acids is 1. The van der Waals surface area contributed by atoms with Crippen LogP contribution in [-0.2, 0) is 17.6 Å². The van der Waals surface area contributed by atoms with Crippen LogP contribution >= 0.6 is 39.1 Å². The van der Waals surface area contributed by atoms with Crippen LogP contribution < -0.4 is 0 Å². The minimum Gasteiger partial charge on any atom is -0.481 e. The van der Waals surface area contributed by atoms with Crippen LogP contribution in [0.2, 0.25) is 10.0 Å². The Kier molecular flexibility index (Phi) is 5.68. The molecule has 0 aliphatic rings. The fourth-order valence-corrected chi connectivity index (χ4v) is 2.99. The second-order valence-corrected chi connectivity index (χ2v) is 6.39. The molecule has 0 bridgehead atoms. The Morgan fingerprint density at radius 1 is 1.05 bits per heavy atom. The zero-order chi connectivity index (χ0) is 15.4. The van der Waals surface area contributed by atoms with E-state index in [0.717, 1.165) is 15.6 Å². The first-order valence-corrected chi connectivity index (χ1v) is 7.93. The van der Waals surface area contributed by atoms with Crippen molar-refractivity contribution < 1.29 is 9.90 Å². The first-order chi connectivity index (χ1) is 9.99. The highest BCUT2D eigenvalue weighted by Crippen LogP contribution is 2.29. The van der Waals surface area contributed by atoms with Gasteiger partial charge in [0, 0.05) is 4.47 Å². The summed E-state index contributed by atoms with van der Waals surface area (Å²) in [7, 11) is 0. The van der Waals surface area contributed by atoms with Gasteiger partial charge in [-0.15, -0.1) is 0 Å². The number of hydrogen-bond donors (Lipinski definition) is 1. The summed E-state index contributed by atoms with van der Waals surface area (Å²) in [5.41, 5.74) is 1.71. The van der Waals surface area contributed by atoms with E-state index < -0.39 is 11.9 Å². The minimum atomic E-state index is -0.846. The van der Waals surface area contributed by atoms with Crippen LogP contribution in [0.1, 0.15) is 11.1 Å². The second-order valence-electron chi connectivity index (χ2n) is 4.75. The molecule has 0 heterocycles. The third kappa shape index (κ3) is 4.22. The predicted molar refractivity (Wildman–Crippen MR) is 89.1 cm³/mol. The lowest BCUT2D eigenvalue weighted by atomic mass is 9.92. The second kappa shape index (κ2) is 7.30. The third-order valence-electron chi connectivity index (χ3n) is 3.27. The highest BCUT2D eigenvalue weighted by atomic mass is 79.9. The van der Waals surface area contributed by atoms with E-state index in [4.69, 9.17) is 23.2 Å². The Morgan fingerprint density at radius 3 is 2.33 bits per heavy atom. The normalized spacial score (nSPS) is 12.1. The molecule has 21 heavy (non-hydrogen) atoms. The SMILES string of the molecule is O=C(O)C(Cc1ccccc1Br)Cc1cccc(Cl)c1Cl. The van der Waals surface area contributed by atoms with Gasteiger partial charge < -0.3 is 5.11 Å². The lowest BCUT2D eigenvalue weighted by Crippen LogP contribution is -2.19. The van der Waals surface area contributed by atoms with Crippen LogP contribution in [0.5, 0.6) is 0 Å². The molecule has 2 nitrogen and oxygen atoms in total. The number of benzene rings is 2. The third-order valence-corrected chi connectivity index (χ3v) is 4.90. The summed E-state index contributed by atoms with van der Waals surface area (Å²) in [5.74, 6) is -1.40. The maximum Gasteiger partial charge on any atom is 0.307 e. The van der Waals surface area contributed by atoms with Crippen molar-refractivity contribution in [3.8, 4) is 0 Å². The van der Waals surface area contributed by atoms with Crippen LogP contribution in [-0.4, -0.2) is 11.1 Å². The van der Waals surface area contributed by atoms with Gasteiger partial charge in [-0.05, 0) is 36.1 Å². The van der Waals surface area contributed by atoms with Crippen molar-refractivity contribution in [1.82, 2.24) is 0 Å².